The van der Waals surface area contributed by atoms with Crippen molar-refractivity contribution in [2.45, 2.75) is 43.9 Å². The van der Waals surface area contributed by atoms with E-state index >= 15 is 0 Å². The lowest BCUT2D eigenvalue weighted by atomic mass is 10.0. The van der Waals surface area contributed by atoms with E-state index < -0.39 is 11.9 Å². The molecule has 2 aliphatic rings. The van der Waals surface area contributed by atoms with Gasteiger partial charge in [-0.15, -0.1) is 12.4 Å². The molecule has 0 radical (unpaired) electrons. The number of alkyl halides is 3. The fourth-order valence-electron chi connectivity index (χ4n) is 3.16. The van der Waals surface area contributed by atoms with Gasteiger partial charge in [0, 0.05) is 19.3 Å². The second-order valence-corrected chi connectivity index (χ2v) is 5.88. The molecule has 0 aliphatic carbocycles. The van der Waals surface area contributed by atoms with Crippen LogP contribution in [0, 0.1) is 0 Å². The lowest BCUT2D eigenvalue weighted by Gasteiger charge is -2.33. The fourth-order valence-corrected chi connectivity index (χ4v) is 3.16. The first-order valence-corrected chi connectivity index (χ1v) is 7.59. The van der Waals surface area contributed by atoms with Crippen LogP contribution in [0.4, 0.5) is 13.2 Å². The summed E-state index contributed by atoms with van der Waals surface area (Å²) in [5, 5.41) is 6.81. The normalized spacial score (nSPS) is 22.9. The summed E-state index contributed by atoms with van der Waals surface area (Å²) < 4.78 is 39.1. The summed E-state index contributed by atoms with van der Waals surface area (Å²) in [5.74, 6) is 0.118. The van der Waals surface area contributed by atoms with Crippen molar-refractivity contribution in [3.8, 4) is 0 Å². The van der Waals surface area contributed by atoms with Crippen LogP contribution in [0.3, 0.4) is 0 Å². The molecule has 0 aromatic carbocycles. The number of rotatable bonds is 2. The van der Waals surface area contributed by atoms with Gasteiger partial charge in [0.15, 0.2) is 5.69 Å². The fraction of sp³-hybridized carbons (Fsp3) is 0.714. The summed E-state index contributed by atoms with van der Waals surface area (Å²) >= 11 is 0. The number of piperidine rings is 1. The topological polar surface area (TPSA) is 50.2 Å². The van der Waals surface area contributed by atoms with Gasteiger partial charge in [0.1, 0.15) is 0 Å². The summed E-state index contributed by atoms with van der Waals surface area (Å²) in [6.07, 6.45) is 0.127. The number of aromatic nitrogens is 2. The molecule has 0 spiro atoms. The molecule has 2 saturated heterocycles. The van der Waals surface area contributed by atoms with Gasteiger partial charge >= 0.3 is 6.18 Å². The molecule has 2 fully saturated rings. The minimum absolute atomic E-state index is 0. The van der Waals surface area contributed by atoms with Crippen LogP contribution < -0.4 is 5.32 Å². The van der Waals surface area contributed by atoms with Crippen LogP contribution in [0.5, 0.6) is 0 Å². The highest BCUT2D eigenvalue weighted by Crippen LogP contribution is 2.29. The highest BCUT2D eigenvalue weighted by molar-refractivity contribution is 5.85. The van der Waals surface area contributed by atoms with E-state index in [1.54, 1.807) is 0 Å². The van der Waals surface area contributed by atoms with E-state index in [9.17, 15) is 18.0 Å². The Kier molecular flexibility index (Phi) is 5.57. The number of nitrogens with zero attached hydrogens (tertiary/aromatic N) is 3. The van der Waals surface area contributed by atoms with Crippen molar-refractivity contribution in [2.24, 2.45) is 0 Å². The molecule has 1 unspecified atom stereocenters. The Morgan fingerprint density at radius 1 is 1.26 bits per heavy atom. The maximum Gasteiger partial charge on any atom is 0.435 e. The smallest absolute Gasteiger partial charge is 0.341 e. The maximum atomic E-state index is 12.6. The molecule has 1 amide bonds. The van der Waals surface area contributed by atoms with Gasteiger partial charge in [-0.3, -0.25) is 9.48 Å². The van der Waals surface area contributed by atoms with Gasteiger partial charge in [0.2, 0.25) is 5.91 Å². The summed E-state index contributed by atoms with van der Waals surface area (Å²) in [6, 6.07) is 0.842. The molecule has 0 saturated carbocycles. The van der Waals surface area contributed by atoms with Crippen molar-refractivity contribution in [3.63, 3.8) is 0 Å². The molecular weight excluding hydrogens is 333 g/mol. The third kappa shape index (κ3) is 3.98. The molecular formula is C14H20ClF3N4O. The van der Waals surface area contributed by atoms with Gasteiger partial charge in [-0.2, -0.15) is 18.3 Å². The highest BCUT2D eigenvalue weighted by Gasteiger charge is 2.35. The summed E-state index contributed by atoms with van der Waals surface area (Å²) in [5.41, 5.74) is -0.860. The van der Waals surface area contributed by atoms with Gasteiger partial charge in [-0.1, -0.05) is 0 Å². The van der Waals surface area contributed by atoms with Gasteiger partial charge in [0.25, 0.3) is 0 Å². The van der Waals surface area contributed by atoms with E-state index in [1.807, 2.05) is 4.90 Å². The van der Waals surface area contributed by atoms with Crippen LogP contribution in [0.1, 0.15) is 37.4 Å². The molecule has 3 rings (SSSR count). The number of carbonyl (C=O) groups is 1. The average Bonchev–Trinajstić information content (AvgIpc) is 3.17. The van der Waals surface area contributed by atoms with E-state index in [1.165, 1.54) is 10.9 Å². The van der Waals surface area contributed by atoms with E-state index in [-0.39, 0.29) is 30.4 Å². The predicted molar refractivity (Wildman–Crippen MR) is 80.4 cm³/mol. The van der Waals surface area contributed by atoms with Gasteiger partial charge < -0.3 is 10.2 Å². The van der Waals surface area contributed by atoms with Crippen molar-refractivity contribution in [1.29, 1.82) is 0 Å². The Bertz CT molecular complexity index is 534. The molecule has 5 nitrogen and oxygen atoms in total. The number of hydrogen-bond donors (Lipinski definition) is 1. The molecule has 130 valence electrons. The molecule has 9 heteroatoms. The van der Waals surface area contributed by atoms with Gasteiger partial charge in [-0.25, -0.2) is 0 Å². The average molecular weight is 353 g/mol. The molecule has 1 N–H and O–H groups in total. The van der Waals surface area contributed by atoms with Crippen LogP contribution in [0.25, 0.3) is 0 Å². The summed E-state index contributed by atoms with van der Waals surface area (Å²) in [4.78, 5) is 14.1. The number of halogens is 4. The van der Waals surface area contributed by atoms with Crippen molar-refractivity contribution in [2.75, 3.05) is 19.6 Å². The zero-order chi connectivity index (χ0) is 15.7. The van der Waals surface area contributed by atoms with Crippen LogP contribution in [0.2, 0.25) is 0 Å². The molecule has 1 aromatic rings. The lowest BCUT2D eigenvalue weighted by Crippen LogP contribution is -2.47. The molecule has 3 heterocycles. The number of hydrogen-bond acceptors (Lipinski definition) is 3. The van der Waals surface area contributed by atoms with Crippen LogP contribution >= 0.6 is 12.4 Å². The van der Waals surface area contributed by atoms with E-state index in [0.717, 1.165) is 25.5 Å². The largest absolute Gasteiger partial charge is 0.435 e. The monoisotopic (exact) mass is 352 g/mol. The third-order valence-corrected chi connectivity index (χ3v) is 4.41. The second kappa shape index (κ2) is 7.09. The summed E-state index contributed by atoms with van der Waals surface area (Å²) in [7, 11) is 0. The Morgan fingerprint density at radius 3 is 2.48 bits per heavy atom. The first-order chi connectivity index (χ1) is 10.4. The zero-order valence-corrected chi connectivity index (χ0v) is 13.4. The third-order valence-electron chi connectivity index (χ3n) is 4.41. The first kappa shape index (κ1) is 18.1. The summed E-state index contributed by atoms with van der Waals surface area (Å²) in [6.45, 7) is 2.02. The maximum absolute atomic E-state index is 12.6. The van der Waals surface area contributed by atoms with Crippen LogP contribution in [-0.2, 0) is 11.0 Å². The molecule has 23 heavy (non-hydrogen) atoms. The Labute approximate surface area is 138 Å². The molecule has 1 atom stereocenters. The number of amides is 1. The number of likely N-dealkylation sites (tertiary alicyclic amines) is 1. The highest BCUT2D eigenvalue weighted by atomic mass is 35.5. The lowest BCUT2D eigenvalue weighted by molar-refractivity contribution is -0.141. The first-order valence-electron chi connectivity index (χ1n) is 7.59. The van der Waals surface area contributed by atoms with E-state index in [0.29, 0.717) is 25.9 Å². The minimum atomic E-state index is -4.41. The van der Waals surface area contributed by atoms with Crippen molar-refractivity contribution in [3.05, 3.63) is 18.0 Å². The Morgan fingerprint density at radius 2 is 1.96 bits per heavy atom. The molecule has 1 aromatic heterocycles. The quantitative estimate of drug-likeness (QED) is 0.888. The standard InChI is InChI=1S/C14H19F3N4O.ClH/c15-14(16,17)12-5-9-21(19-12)10-3-7-20(8-4-10)13(22)11-2-1-6-18-11;/h5,9-11,18H,1-4,6-8H2;1H. The molecule has 2 aliphatic heterocycles. The number of carbonyl (C=O) groups excluding carboxylic acids is 1. The molecule has 0 bridgehead atoms. The number of nitrogens with one attached hydrogen (secondary N) is 1. The van der Waals surface area contributed by atoms with Crippen molar-refractivity contribution < 1.29 is 18.0 Å². The van der Waals surface area contributed by atoms with Gasteiger partial charge in [0.05, 0.1) is 12.1 Å². The van der Waals surface area contributed by atoms with Crippen LogP contribution in [0.15, 0.2) is 12.3 Å². The predicted octanol–water partition coefficient (Wildman–Crippen LogP) is 2.24. The second-order valence-electron chi connectivity index (χ2n) is 5.88. The minimum Gasteiger partial charge on any atom is -0.341 e. The van der Waals surface area contributed by atoms with Crippen LogP contribution in [-0.4, -0.2) is 46.3 Å². The van der Waals surface area contributed by atoms with Gasteiger partial charge in [-0.05, 0) is 38.3 Å². The van der Waals surface area contributed by atoms with Crippen molar-refractivity contribution >= 4 is 18.3 Å². The van der Waals surface area contributed by atoms with E-state index in [4.69, 9.17) is 0 Å². The van der Waals surface area contributed by atoms with Crippen molar-refractivity contribution in [1.82, 2.24) is 20.0 Å². The Balaban J connectivity index is 0.00000192. The van der Waals surface area contributed by atoms with E-state index in [2.05, 4.69) is 10.4 Å². The Hall–Kier alpha value is -1.28. The zero-order valence-electron chi connectivity index (χ0n) is 12.6. The SMILES string of the molecule is Cl.O=C(C1CCCN1)N1CCC(n2ccc(C(F)(F)F)n2)CC1.